The van der Waals surface area contributed by atoms with Crippen molar-refractivity contribution in [3.05, 3.63) is 53.2 Å². The Morgan fingerprint density at radius 1 is 1.24 bits per heavy atom. The van der Waals surface area contributed by atoms with Crippen molar-refractivity contribution in [2.45, 2.75) is 6.92 Å². The summed E-state index contributed by atoms with van der Waals surface area (Å²) in [5, 5.41) is 7.29. The number of amides is 3. The lowest BCUT2D eigenvalue weighted by molar-refractivity contribution is -0.115. The molecule has 0 atom stereocenters. The first-order chi connectivity index (χ1) is 14.0. The van der Waals surface area contributed by atoms with Crippen LogP contribution in [0.3, 0.4) is 0 Å². The zero-order chi connectivity index (χ0) is 20.8. The number of nitrogens with one attached hydrogen (secondary N) is 3. The molecule has 3 amide bonds. The van der Waals surface area contributed by atoms with Gasteiger partial charge in [-0.25, -0.2) is 4.98 Å². The first kappa shape index (κ1) is 20.1. The molecular formula is C19H19N5O4S. The van der Waals surface area contributed by atoms with Crippen molar-refractivity contribution < 1.29 is 19.1 Å². The third kappa shape index (κ3) is 5.20. The van der Waals surface area contributed by atoms with Gasteiger partial charge in [-0.1, -0.05) is 0 Å². The summed E-state index contributed by atoms with van der Waals surface area (Å²) in [7, 11) is 0. The van der Waals surface area contributed by atoms with E-state index in [0.29, 0.717) is 34.3 Å². The smallest absolute Gasteiger partial charge is 0.265 e. The van der Waals surface area contributed by atoms with Crippen LogP contribution in [-0.2, 0) is 4.79 Å². The molecule has 2 heterocycles. The summed E-state index contributed by atoms with van der Waals surface area (Å²) < 4.78 is 5.33. The van der Waals surface area contributed by atoms with Gasteiger partial charge in [0.05, 0.1) is 18.8 Å². The first-order valence-corrected chi connectivity index (χ1v) is 9.59. The lowest BCUT2D eigenvalue weighted by atomic mass is 10.2. The molecule has 5 N–H and O–H groups in total. The summed E-state index contributed by atoms with van der Waals surface area (Å²) in [4.78, 5) is 42.4. The third-order valence-electron chi connectivity index (χ3n) is 3.83. The van der Waals surface area contributed by atoms with E-state index in [1.807, 2.05) is 6.92 Å². The molecule has 9 nitrogen and oxygen atoms in total. The fourth-order valence-corrected chi connectivity index (χ4v) is 3.18. The molecule has 0 spiro atoms. The highest BCUT2D eigenvalue weighted by atomic mass is 32.1. The van der Waals surface area contributed by atoms with Gasteiger partial charge in [0.25, 0.3) is 11.8 Å². The number of hydrogen-bond donors (Lipinski definition) is 4. The molecule has 0 unspecified atom stereocenters. The maximum atomic E-state index is 12.1. The molecule has 0 aliphatic rings. The van der Waals surface area contributed by atoms with Gasteiger partial charge in [-0.15, -0.1) is 11.3 Å². The zero-order valence-electron chi connectivity index (χ0n) is 15.5. The number of hydrogen-bond acceptors (Lipinski definition) is 6. The van der Waals surface area contributed by atoms with Gasteiger partial charge in [0, 0.05) is 22.7 Å². The molecule has 1 aromatic carbocycles. The van der Waals surface area contributed by atoms with Crippen LogP contribution in [-0.4, -0.2) is 40.8 Å². The molecule has 10 heteroatoms. The van der Waals surface area contributed by atoms with Crippen LogP contribution in [0, 0.1) is 0 Å². The number of carbonyl (C=O) groups is 3. The van der Waals surface area contributed by atoms with Gasteiger partial charge >= 0.3 is 0 Å². The number of rotatable bonds is 8. The molecular weight excluding hydrogens is 394 g/mol. The lowest BCUT2D eigenvalue weighted by Gasteiger charge is -2.06. The Kier molecular flexibility index (Phi) is 6.25. The van der Waals surface area contributed by atoms with Crippen molar-refractivity contribution in [3.8, 4) is 17.0 Å². The SMILES string of the molecule is CCOc1ccc(C(=O)NCC(=O)Nc2nc(-c3c[nH]c(C(N)=O)c3)cs2)cc1. The van der Waals surface area contributed by atoms with Crippen LogP contribution in [0.15, 0.2) is 41.9 Å². The minimum Gasteiger partial charge on any atom is -0.494 e. The minimum atomic E-state index is -0.566. The van der Waals surface area contributed by atoms with Crippen LogP contribution in [0.1, 0.15) is 27.8 Å². The maximum absolute atomic E-state index is 12.1. The van der Waals surface area contributed by atoms with E-state index >= 15 is 0 Å². The van der Waals surface area contributed by atoms with Crippen LogP contribution in [0.4, 0.5) is 5.13 Å². The number of aromatic nitrogens is 2. The van der Waals surface area contributed by atoms with Crippen LogP contribution >= 0.6 is 11.3 Å². The number of nitrogens with two attached hydrogens (primary N) is 1. The first-order valence-electron chi connectivity index (χ1n) is 8.71. The van der Waals surface area contributed by atoms with E-state index < -0.39 is 11.8 Å². The van der Waals surface area contributed by atoms with Gasteiger partial charge in [-0.2, -0.15) is 0 Å². The number of H-pyrrole nitrogens is 1. The second-order valence-corrected chi connectivity index (χ2v) is 6.75. The molecule has 3 aromatic rings. The van der Waals surface area contributed by atoms with Crippen molar-refractivity contribution in [1.29, 1.82) is 0 Å². The average molecular weight is 413 g/mol. The quantitative estimate of drug-likeness (QED) is 0.447. The molecule has 0 saturated heterocycles. The summed E-state index contributed by atoms with van der Waals surface area (Å²) >= 11 is 1.23. The number of primary amides is 1. The van der Waals surface area contributed by atoms with E-state index in [1.54, 1.807) is 41.9 Å². The van der Waals surface area contributed by atoms with E-state index in [9.17, 15) is 14.4 Å². The van der Waals surface area contributed by atoms with Gasteiger partial charge in [-0.3, -0.25) is 14.4 Å². The largest absolute Gasteiger partial charge is 0.494 e. The fourth-order valence-electron chi connectivity index (χ4n) is 2.44. The summed E-state index contributed by atoms with van der Waals surface area (Å²) in [6.45, 7) is 2.22. The Balaban J connectivity index is 1.52. The number of nitrogens with zero attached hydrogens (tertiary/aromatic N) is 1. The number of ether oxygens (including phenoxy) is 1. The molecule has 2 aromatic heterocycles. The van der Waals surface area contributed by atoms with Gasteiger partial charge < -0.3 is 26.1 Å². The number of thiazole rings is 1. The average Bonchev–Trinajstić information content (AvgIpc) is 3.36. The Morgan fingerprint density at radius 3 is 2.66 bits per heavy atom. The molecule has 0 aliphatic heterocycles. The van der Waals surface area contributed by atoms with Crippen molar-refractivity contribution in [1.82, 2.24) is 15.3 Å². The van der Waals surface area contributed by atoms with Crippen LogP contribution in [0.25, 0.3) is 11.3 Å². The van der Waals surface area contributed by atoms with Crippen LogP contribution in [0.2, 0.25) is 0 Å². The van der Waals surface area contributed by atoms with Crippen molar-refractivity contribution in [3.63, 3.8) is 0 Å². The van der Waals surface area contributed by atoms with E-state index in [0.717, 1.165) is 0 Å². The topological polar surface area (TPSA) is 139 Å². The normalized spacial score (nSPS) is 10.4. The molecule has 150 valence electrons. The monoisotopic (exact) mass is 413 g/mol. The van der Waals surface area contributed by atoms with Gasteiger partial charge in [0.15, 0.2) is 5.13 Å². The summed E-state index contributed by atoms with van der Waals surface area (Å²) in [6, 6.07) is 8.23. The number of anilines is 1. The second-order valence-electron chi connectivity index (χ2n) is 5.89. The summed E-state index contributed by atoms with van der Waals surface area (Å²) in [5.74, 6) is -0.665. The Bertz CT molecular complexity index is 1030. The summed E-state index contributed by atoms with van der Waals surface area (Å²) in [6.07, 6.45) is 1.61. The van der Waals surface area contributed by atoms with Crippen LogP contribution in [0.5, 0.6) is 5.75 Å². The van der Waals surface area contributed by atoms with Crippen molar-refractivity contribution in [2.75, 3.05) is 18.5 Å². The molecule has 0 aliphatic carbocycles. The molecule has 29 heavy (non-hydrogen) atoms. The highest BCUT2D eigenvalue weighted by Crippen LogP contribution is 2.25. The number of benzene rings is 1. The standard InChI is InChI=1S/C19H19N5O4S/c1-2-28-13-5-3-11(4-6-13)18(27)22-9-16(25)24-19-23-15(10-29-19)12-7-14(17(20)26)21-8-12/h3-8,10,21H,2,9H2,1H3,(H2,20,26)(H,22,27)(H,23,24,25). The third-order valence-corrected chi connectivity index (χ3v) is 4.59. The predicted octanol–water partition coefficient (Wildman–Crippen LogP) is 2.00. The zero-order valence-corrected chi connectivity index (χ0v) is 16.3. The number of aromatic amines is 1. The van der Waals surface area contributed by atoms with E-state index in [1.165, 1.54) is 11.3 Å². The minimum absolute atomic E-state index is 0.197. The summed E-state index contributed by atoms with van der Waals surface area (Å²) in [5.41, 5.74) is 7.18. The fraction of sp³-hybridized carbons (Fsp3) is 0.158. The van der Waals surface area contributed by atoms with E-state index in [2.05, 4.69) is 20.6 Å². The highest BCUT2D eigenvalue weighted by molar-refractivity contribution is 7.14. The lowest BCUT2D eigenvalue weighted by Crippen LogP contribution is -2.32. The number of carbonyl (C=O) groups excluding carboxylic acids is 3. The Hall–Kier alpha value is -3.66. The predicted molar refractivity (Wildman–Crippen MR) is 109 cm³/mol. The molecule has 0 saturated carbocycles. The Morgan fingerprint density at radius 2 is 2.00 bits per heavy atom. The van der Waals surface area contributed by atoms with Gasteiger partial charge in [0.2, 0.25) is 5.91 Å². The van der Waals surface area contributed by atoms with E-state index in [-0.39, 0.29) is 18.1 Å². The second kappa shape index (κ2) is 9.02. The van der Waals surface area contributed by atoms with Crippen molar-refractivity contribution >= 4 is 34.2 Å². The molecule has 3 rings (SSSR count). The molecule has 0 fully saturated rings. The Labute approximate surface area is 170 Å². The highest BCUT2D eigenvalue weighted by Gasteiger charge is 2.12. The maximum Gasteiger partial charge on any atom is 0.265 e. The molecule has 0 bridgehead atoms. The van der Waals surface area contributed by atoms with Crippen LogP contribution < -0.4 is 21.1 Å². The van der Waals surface area contributed by atoms with Gasteiger partial charge in [0.1, 0.15) is 11.4 Å². The van der Waals surface area contributed by atoms with E-state index in [4.69, 9.17) is 10.5 Å². The van der Waals surface area contributed by atoms with Crippen molar-refractivity contribution in [2.24, 2.45) is 5.73 Å². The molecule has 0 radical (unpaired) electrons. The van der Waals surface area contributed by atoms with Gasteiger partial charge in [-0.05, 0) is 37.3 Å².